The quantitative estimate of drug-likeness (QED) is 0.0509. The van der Waals surface area contributed by atoms with E-state index in [0.29, 0.717) is 13.2 Å². The Hall–Kier alpha value is -0.190. The van der Waals surface area contributed by atoms with Crippen LogP contribution in [0.2, 0.25) is 0 Å². The minimum atomic E-state index is -3.89. The SMILES string of the molecule is CCCCCCCC/C=C\CCCCCCCCCCCCOP(=O)(O)OCCC[N+]1(C)CCCCC1. The molecule has 0 radical (unpaired) electrons. The first kappa shape index (κ1) is 34.8. The number of phosphoric ester groups is 1. The fourth-order valence-corrected chi connectivity index (χ4v) is 6.19. The van der Waals surface area contributed by atoms with Gasteiger partial charge in [0, 0.05) is 6.42 Å². The molecule has 0 aliphatic carbocycles. The fraction of sp³-hybridized carbons (Fsp3) is 0.935. The van der Waals surface area contributed by atoms with Gasteiger partial charge < -0.3 is 9.38 Å². The minimum absolute atomic E-state index is 0.303. The van der Waals surface area contributed by atoms with Gasteiger partial charge in [0.2, 0.25) is 0 Å². The Labute approximate surface area is 231 Å². The molecule has 0 spiro atoms. The summed E-state index contributed by atoms with van der Waals surface area (Å²) >= 11 is 0. The Morgan fingerprint density at radius 3 is 1.59 bits per heavy atom. The third-order valence-electron chi connectivity index (χ3n) is 7.90. The van der Waals surface area contributed by atoms with Crippen molar-refractivity contribution >= 4 is 7.82 Å². The zero-order valence-corrected chi connectivity index (χ0v) is 25.7. The van der Waals surface area contributed by atoms with Crippen molar-refractivity contribution in [1.82, 2.24) is 0 Å². The Balaban J connectivity index is 1.79. The van der Waals surface area contributed by atoms with E-state index in [1.807, 2.05) is 0 Å². The third-order valence-corrected chi connectivity index (χ3v) is 8.92. The maximum atomic E-state index is 12.0. The summed E-state index contributed by atoms with van der Waals surface area (Å²) in [6, 6.07) is 0. The lowest BCUT2D eigenvalue weighted by Gasteiger charge is -2.37. The van der Waals surface area contributed by atoms with E-state index in [1.54, 1.807) is 0 Å². The second kappa shape index (κ2) is 23.7. The lowest BCUT2D eigenvalue weighted by Crippen LogP contribution is -2.48. The molecule has 37 heavy (non-hydrogen) atoms. The zero-order valence-electron chi connectivity index (χ0n) is 24.8. The first-order chi connectivity index (χ1) is 18.0. The van der Waals surface area contributed by atoms with E-state index in [4.69, 9.17) is 9.05 Å². The average Bonchev–Trinajstić information content (AvgIpc) is 2.88. The highest BCUT2D eigenvalue weighted by Gasteiger charge is 2.25. The van der Waals surface area contributed by atoms with E-state index in [2.05, 4.69) is 26.1 Å². The summed E-state index contributed by atoms with van der Waals surface area (Å²) in [4.78, 5) is 9.88. The molecule has 5 nitrogen and oxygen atoms in total. The second-order valence-electron chi connectivity index (χ2n) is 11.7. The molecule has 0 saturated carbocycles. The second-order valence-corrected chi connectivity index (χ2v) is 13.1. The summed E-state index contributed by atoms with van der Waals surface area (Å²) in [5, 5.41) is 0. The molecule has 1 N–H and O–H groups in total. The van der Waals surface area contributed by atoms with Crippen molar-refractivity contribution in [3.63, 3.8) is 0 Å². The van der Waals surface area contributed by atoms with Gasteiger partial charge in [-0.3, -0.25) is 9.05 Å². The highest BCUT2D eigenvalue weighted by atomic mass is 31.2. The van der Waals surface area contributed by atoms with Crippen molar-refractivity contribution in [3.8, 4) is 0 Å². The molecule has 1 unspecified atom stereocenters. The van der Waals surface area contributed by atoms with Crippen LogP contribution in [0.25, 0.3) is 0 Å². The molecule has 1 fully saturated rings. The summed E-state index contributed by atoms with van der Waals surface area (Å²) in [6.07, 6.45) is 32.7. The Morgan fingerprint density at radius 2 is 1.08 bits per heavy atom. The summed E-state index contributed by atoms with van der Waals surface area (Å²) in [6.45, 7) is 6.33. The fourth-order valence-electron chi connectivity index (χ4n) is 5.40. The molecule has 0 amide bonds. The average molecular weight is 545 g/mol. The van der Waals surface area contributed by atoms with Gasteiger partial charge >= 0.3 is 7.82 Å². The molecule has 220 valence electrons. The molecule has 0 aromatic rings. The van der Waals surface area contributed by atoms with Crippen LogP contribution < -0.4 is 0 Å². The Bertz CT molecular complexity index is 578. The highest BCUT2D eigenvalue weighted by molar-refractivity contribution is 7.47. The zero-order chi connectivity index (χ0) is 26.9. The van der Waals surface area contributed by atoms with Crippen LogP contribution in [0.5, 0.6) is 0 Å². The topological polar surface area (TPSA) is 55.8 Å². The molecule has 1 aliphatic heterocycles. The van der Waals surface area contributed by atoms with Crippen LogP contribution in [0.3, 0.4) is 0 Å². The van der Waals surface area contributed by atoms with Crippen molar-refractivity contribution in [2.24, 2.45) is 0 Å². The number of rotatable bonds is 26. The number of hydrogen-bond acceptors (Lipinski definition) is 3. The van der Waals surface area contributed by atoms with Crippen LogP contribution in [0.1, 0.15) is 148 Å². The van der Waals surface area contributed by atoms with Crippen molar-refractivity contribution in [2.45, 2.75) is 148 Å². The van der Waals surface area contributed by atoms with Gasteiger partial charge in [-0.15, -0.1) is 0 Å². The standard InChI is InChI=1S/C31H62NO4P/c1-3-4-5-6-7-8-9-10-11-12-13-14-15-16-17-18-19-20-21-25-30-35-37(33,34)36-31-26-29-32(2)27-23-22-24-28-32/h10-11H,3-9,12-31H2,1-2H3/p+1/b11-10-. The van der Waals surface area contributed by atoms with Gasteiger partial charge in [-0.25, -0.2) is 4.57 Å². The third kappa shape index (κ3) is 22.3. The number of piperidine rings is 1. The number of quaternary nitrogens is 1. The molecule has 1 heterocycles. The van der Waals surface area contributed by atoms with E-state index in [9.17, 15) is 9.46 Å². The first-order valence-corrected chi connectivity index (χ1v) is 17.6. The lowest BCUT2D eigenvalue weighted by atomic mass is 10.1. The first-order valence-electron chi connectivity index (χ1n) is 16.1. The normalized spacial score (nSPS) is 17.4. The summed E-state index contributed by atoms with van der Waals surface area (Å²) in [5.74, 6) is 0. The summed E-state index contributed by atoms with van der Waals surface area (Å²) < 4.78 is 23.5. The smallest absolute Gasteiger partial charge is 0.326 e. The van der Waals surface area contributed by atoms with E-state index >= 15 is 0 Å². The van der Waals surface area contributed by atoms with Gasteiger partial charge in [0.1, 0.15) is 0 Å². The molecule has 1 atom stereocenters. The van der Waals surface area contributed by atoms with Gasteiger partial charge in [0.05, 0.1) is 39.9 Å². The molecule has 1 rings (SSSR count). The maximum Gasteiger partial charge on any atom is 0.472 e. The van der Waals surface area contributed by atoms with Gasteiger partial charge in [-0.2, -0.15) is 0 Å². The monoisotopic (exact) mass is 544 g/mol. The van der Waals surface area contributed by atoms with Gasteiger partial charge in [0.15, 0.2) is 0 Å². The maximum absolute atomic E-state index is 12.0. The number of allylic oxidation sites excluding steroid dienone is 2. The lowest BCUT2D eigenvalue weighted by molar-refractivity contribution is -0.914. The van der Waals surface area contributed by atoms with E-state index < -0.39 is 7.82 Å². The Morgan fingerprint density at radius 1 is 0.649 bits per heavy atom. The molecule has 0 aromatic carbocycles. The van der Waals surface area contributed by atoms with Gasteiger partial charge in [-0.05, 0) is 51.4 Å². The van der Waals surface area contributed by atoms with Crippen molar-refractivity contribution in [2.75, 3.05) is 39.9 Å². The Kier molecular flexibility index (Phi) is 22.3. The van der Waals surface area contributed by atoms with Crippen molar-refractivity contribution in [3.05, 3.63) is 12.2 Å². The molecular weight excluding hydrogens is 481 g/mol. The summed E-state index contributed by atoms with van der Waals surface area (Å²) in [7, 11) is -1.61. The predicted molar refractivity (Wildman–Crippen MR) is 159 cm³/mol. The molecule has 6 heteroatoms. The summed E-state index contributed by atoms with van der Waals surface area (Å²) in [5.41, 5.74) is 0. The van der Waals surface area contributed by atoms with Gasteiger partial charge in [0.25, 0.3) is 0 Å². The largest absolute Gasteiger partial charge is 0.472 e. The molecule has 1 aliphatic rings. The van der Waals surface area contributed by atoms with E-state index in [0.717, 1.165) is 30.3 Å². The van der Waals surface area contributed by atoms with Crippen molar-refractivity contribution in [1.29, 1.82) is 0 Å². The number of phosphoric acid groups is 1. The number of likely N-dealkylation sites (tertiary alicyclic amines) is 1. The highest BCUT2D eigenvalue weighted by Crippen LogP contribution is 2.43. The van der Waals surface area contributed by atoms with Gasteiger partial charge in [-0.1, -0.05) is 103 Å². The molecule has 0 bridgehead atoms. The van der Waals surface area contributed by atoms with Crippen LogP contribution >= 0.6 is 7.82 Å². The molecular formula is C31H63NO4P+. The van der Waals surface area contributed by atoms with Crippen LogP contribution in [-0.2, 0) is 13.6 Å². The van der Waals surface area contributed by atoms with Crippen LogP contribution in [0, 0.1) is 0 Å². The minimum Gasteiger partial charge on any atom is -0.326 e. The van der Waals surface area contributed by atoms with Crippen LogP contribution in [0.15, 0.2) is 12.2 Å². The van der Waals surface area contributed by atoms with Crippen LogP contribution in [0.4, 0.5) is 0 Å². The van der Waals surface area contributed by atoms with E-state index in [-0.39, 0.29) is 0 Å². The number of hydrogen-bond donors (Lipinski definition) is 1. The van der Waals surface area contributed by atoms with Crippen LogP contribution in [-0.4, -0.2) is 49.3 Å². The van der Waals surface area contributed by atoms with Crippen molar-refractivity contribution < 1.29 is 23.0 Å². The van der Waals surface area contributed by atoms with E-state index in [1.165, 1.54) is 135 Å². The number of unbranched alkanes of at least 4 members (excludes halogenated alkanes) is 16. The molecule has 1 saturated heterocycles. The predicted octanol–water partition coefficient (Wildman–Crippen LogP) is 9.74. The number of nitrogens with zero attached hydrogens (tertiary/aromatic N) is 1. The molecule has 0 aromatic heterocycles.